The maximum atomic E-state index is 12.8. The van der Waals surface area contributed by atoms with Gasteiger partial charge in [-0.05, 0) is 36.1 Å². The number of anilines is 1. The molecule has 0 bridgehead atoms. The van der Waals surface area contributed by atoms with Crippen LogP contribution in [-0.2, 0) is 22.4 Å². The van der Waals surface area contributed by atoms with Crippen LogP contribution in [0.25, 0.3) is 0 Å². The van der Waals surface area contributed by atoms with E-state index in [1.165, 1.54) is 18.4 Å². The maximum absolute atomic E-state index is 12.8. The highest BCUT2D eigenvalue weighted by Crippen LogP contribution is 2.19. The fraction of sp³-hybridized carbons (Fsp3) is 0.391. The van der Waals surface area contributed by atoms with Crippen LogP contribution in [0.15, 0.2) is 48.5 Å². The molecule has 1 heterocycles. The molecule has 0 saturated carbocycles. The van der Waals surface area contributed by atoms with Gasteiger partial charge in [-0.15, -0.1) is 0 Å². The Morgan fingerprint density at radius 1 is 1.00 bits per heavy atom. The molecule has 1 aliphatic heterocycles. The number of ether oxygens (including phenoxy) is 1. The van der Waals surface area contributed by atoms with Crippen molar-refractivity contribution in [2.24, 2.45) is 0 Å². The summed E-state index contributed by atoms with van der Waals surface area (Å²) in [6, 6.07) is 15.4. The molecule has 0 radical (unpaired) electrons. The van der Waals surface area contributed by atoms with Crippen LogP contribution in [0.2, 0.25) is 0 Å². The summed E-state index contributed by atoms with van der Waals surface area (Å²) in [7, 11) is 0. The largest absolute Gasteiger partial charge is 0.378 e. The van der Waals surface area contributed by atoms with E-state index in [-0.39, 0.29) is 18.2 Å². The molecule has 1 saturated heterocycles. The third kappa shape index (κ3) is 5.42. The first-order chi connectivity index (χ1) is 13.7. The lowest BCUT2D eigenvalue weighted by atomic mass is 10.0. The number of hydrogen-bond donors (Lipinski definition) is 1. The van der Waals surface area contributed by atoms with Gasteiger partial charge in [0.1, 0.15) is 0 Å². The molecule has 1 aliphatic rings. The molecule has 0 spiro atoms. The van der Waals surface area contributed by atoms with E-state index in [0.717, 1.165) is 12.0 Å². The van der Waals surface area contributed by atoms with Crippen LogP contribution in [0.3, 0.4) is 0 Å². The zero-order chi connectivity index (χ0) is 19.8. The van der Waals surface area contributed by atoms with E-state index in [1.807, 2.05) is 24.3 Å². The van der Waals surface area contributed by atoms with Gasteiger partial charge in [0, 0.05) is 13.1 Å². The Labute approximate surface area is 166 Å². The van der Waals surface area contributed by atoms with Crippen LogP contribution < -0.4 is 5.32 Å². The topological polar surface area (TPSA) is 58.6 Å². The molecule has 148 valence electrons. The van der Waals surface area contributed by atoms with Gasteiger partial charge in [0.05, 0.1) is 30.9 Å². The van der Waals surface area contributed by atoms with Crippen molar-refractivity contribution in [3.63, 3.8) is 0 Å². The molecule has 5 heteroatoms. The van der Waals surface area contributed by atoms with E-state index in [9.17, 15) is 9.59 Å². The summed E-state index contributed by atoms with van der Waals surface area (Å²) in [5.41, 5.74) is 3.35. The van der Waals surface area contributed by atoms with Gasteiger partial charge >= 0.3 is 0 Å². The summed E-state index contributed by atoms with van der Waals surface area (Å²) in [6.07, 6.45) is 3.70. The SMILES string of the molecule is CCCCc1ccc(CC(=O)Nc2ccccc2C(=O)N2CCOCC2)cc1. The number of nitrogens with zero attached hydrogens (tertiary/aromatic N) is 1. The number of benzene rings is 2. The van der Waals surface area contributed by atoms with Crippen molar-refractivity contribution in [1.29, 1.82) is 0 Å². The molecular weight excluding hydrogens is 352 g/mol. The van der Waals surface area contributed by atoms with E-state index in [1.54, 1.807) is 17.0 Å². The Morgan fingerprint density at radius 3 is 2.39 bits per heavy atom. The van der Waals surface area contributed by atoms with Crippen LogP contribution in [0.4, 0.5) is 5.69 Å². The molecule has 2 aromatic carbocycles. The monoisotopic (exact) mass is 380 g/mol. The molecule has 1 fully saturated rings. The smallest absolute Gasteiger partial charge is 0.256 e. The Bertz CT molecular complexity index is 796. The molecule has 0 unspecified atom stereocenters. The number of rotatable bonds is 7. The van der Waals surface area contributed by atoms with Crippen LogP contribution in [0, 0.1) is 0 Å². The highest BCUT2D eigenvalue weighted by molar-refractivity contribution is 6.04. The first kappa shape index (κ1) is 20.1. The summed E-state index contributed by atoms with van der Waals surface area (Å²) in [6.45, 7) is 4.43. The van der Waals surface area contributed by atoms with Crippen molar-refractivity contribution < 1.29 is 14.3 Å². The number of carbonyl (C=O) groups excluding carboxylic acids is 2. The van der Waals surface area contributed by atoms with Crippen molar-refractivity contribution >= 4 is 17.5 Å². The van der Waals surface area contributed by atoms with Gasteiger partial charge in [-0.2, -0.15) is 0 Å². The first-order valence-electron chi connectivity index (χ1n) is 10.0. The highest BCUT2D eigenvalue weighted by Gasteiger charge is 2.21. The molecule has 2 aromatic rings. The van der Waals surface area contributed by atoms with Crippen LogP contribution in [0.1, 0.15) is 41.3 Å². The predicted octanol–water partition coefficient (Wildman–Crippen LogP) is 3.68. The normalized spacial score (nSPS) is 14.0. The molecule has 0 aliphatic carbocycles. The standard InChI is InChI=1S/C23H28N2O3/c1-2-3-6-18-9-11-19(12-10-18)17-22(26)24-21-8-5-4-7-20(21)23(27)25-13-15-28-16-14-25/h4-5,7-12H,2-3,6,13-17H2,1H3,(H,24,26). The van der Waals surface area contributed by atoms with Gasteiger partial charge in [-0.3, -0.25) is 9.59 Å². The molecular formula is C23H28N2O3. The quantitative estimate of drug-likeness (QED) is 0.797. The Hall–Kier alpha value is -2.66. The Balaban J connectivity index is 1.63. The number of amides is 2. The number of unbranched alkanes of at least 4 members (excludes halogenated alkanes) is 1. The summed E-state index contributed by atoms with van der Waals surface area (Å²) in [4.78, 5) is 27.1. The lowest BCUT2D eigenvalue weighted by Gasteiger charge is -2.27. The van der Waals surface area contributed by atoms with Crippen molar-refractivity contribution in [1.82, 2.24) is 4.90 Å². The molecule has 5 nitrogen and oxygen atoms in total. The van der Waals surface area contributed by atoms with Crippen molar-refractivity contribution in [2.45, 2.75) is 32.6 Å². The van der Waals surface area contributed by atoms with Gasteiger partial charge in [-0.1, -0.05) is 49.7 Å². The number of nitrogens with one attached hydrogen (secondary N) is 1. The second-order valence-electron chi connectivity index (χ2n) is 7.10. The van der Waals surface area contributed by atoms with Gasteiger partial charge in [0.25, 0.3) is 5.91 Å². The lowest BCUT2D eigenvalue weighted by molar-refractivity contribution is -0.115. The number of para-hydroxylation sites is 1. The van der Waals surface area contributed by atoms with Gasteiger partial charge < -0.3 is 15.0 Å². The average molecular weight is 380 g/mol. The zero-order valence-electron chi connectivity index (χ0n) is 16.4. The summed E-state index contributed by atoms with van der Waals surface area (Å²) < 4.78 is 5.31. The highest BCUT2D eigenvalue weighted by atomic mass is 16.5. The van der Waals surface area contributed by atoms with E-state index in [4.69, 9.17) is 4.74 Å². The second-order valence-corrected chi connectivity index (χ2v) is 7.10. The van der Waals surface area contributed by atoms with Crippen LogP contribution >= 0.6 is 0 Å². The molecule has 0 aromatic heterocycles. The molecule has 3 rings (SSSR count). The third-order valence-corrected chi connectivity index (χ3v) is 4.94. The maximum Gasteiger partial charge on any atom is 0.256 e. The molecule has 28 heavy (non-hydrogen) atoms. The predicted molar refractivity (Wildman–Crippen MR) is 111 cm³/mol. The average Bonchev–Trinajstić information content (AvgIpc) is 2.74. The first-order valence-corrected chi connectivity index (χ1v) is 10.0. The number of aryl methyl sites for hydroxylation is 1. The zero-order valence-corrected chi connectivity index (χ0v) is 16.4. The summed E-state index contributed by atoms with van der Waals surface area (Å²) in [5.74, 6) is -0.192. The Morgan fingerprint density at radius 2 is 1.68 bits per heavy atom. The number of morpholine rings is 1. The number of hydrogen-bond acceptors (Lipinski definition) is 3. The fourth-order valence-electron chi connectivity index (χ4n) is 3.30. The minimum atomic E-state index is -0.122. The molecule has 2 amide bonds. The minimum Gasteiger partial charge on any atom is -0.378 e. The van der Waals surface area contributed by atoms with E-state index < -0.39 is 0 Å². The van der Waals surface area contributed by atoms with E-state index >= 15 is 0 Å². The van der Waals surface area contributed by atoms with E-state index in [0.29, 0.717) is 37.6 Å². The van der Waals surface area contributed by atoms with E-state index in [2.05, 4.69) is 24.4 Å². The Kier molecular flexibility index (Phi) is 7.20. The van der Waals surface area contributed by atoms with Crippen molar-refractivity contribution in [3.8, 4) is 0 Å². The van der Waals surface area contributed by atoms with Crippen molar-refractivity contribution in [3.05, 3.63) is 65.2 Å². The fourth-order valence-corrected chi connectivity index (χ4v) is 3.30. The van der Waals surface area contributed by atoms with Gasteiger partial charge in [-0.25, -0.2) is 0 Å². The number of carbonyl (C=O) groups is 2. The van der Waals surface area contributed by atoms with Crippen LogP contribution in [0.5, 0.6) is 0 Å². The summed E-state index contributed by atoms with van der Waals surface area (Å²) >= 11 is 0. The molecule has 0 atom stereocenters. The van der Waals surface area contributed by atoms with Gasteiger partial charge in [0.15, 0.2) is 0 Å². The summed E-state index contributed by atoms with van der Waals surface area (Å²) in [5, 5.41) is 2.91. The minimum absolute atomic E-state index is 0.0699. The molecule has 1 N–H and O–H groups in total. The van der Waals surface area contributed by atoms with Crippen molar-refractivity contribution in [2.75, 3.05) is 31.6 Å². The third-order valence-electron chi connectivity index (χ3n) is 4.94. The second kappa shape index (κ2) is 10.0. The van der Waals surface area contributed by atoms with Crippen LogP contribution in [-0.4, -0.2) is 43.0 Å². The van der Waals surface area contributed by atoms with Gasteiger partial charge in [0.2, 0.25) is 5.91 Å². The lowest BCUT2D eigenvalue weighted by Crippen LogP contribution is -2.41.